The number of rotatable bonds is 5. The number of likely N-dealkylation sites (tertiary alicyclic amines) is 1. The van der Waals surface area contributed by atoms with Crippen LogP contribution in [0.1, 0.15) is 46.5 Å². The number of carboxylic acid groups (broad SMARTS) is 1. The summed E-state index contributed by atoms with van der Waals surface area (Å²) in [6.07, 6.45) is 3.07. The highest BCUT2D eigenvalue weighted by molar-refractivity contribution is 5.85. The maximum absolute atomic E-state index is 12.0. The number of carbonyl (C=O) groups excluding carboxylic acids is 1. The molecule has 0 spiro atoms. The van der Waals surface area contributed by atoms with Crippen molar-refractivity contribution in [3.8, 4) is 0 Å². The van der Waals surface area contributed by atoms with Gasteiger partial charge in [-0.1, -0.05) is 0 Å². The van der Waals surface area contributed by atoms with Gasteiger partial charge in [-0.05, 0) is 46.5 Å². The second kappa shape index (κ2) is 7.05. The summed E-state index contributed by atoms with van der Waals surface area (Å²) < 4.78 is 10.8. The molecule has 1 amide bonds. The van der Waals surface area contributed by atoms with Gasteiger partial charge in [0.2, 0.25) is 0 Å². The first kappa shape index (κ1) is 18.0. The highest BCUT2D eigenvalue weighted by Gasteiger charge is 2.46. The molecule has 0 aliphatic carbocycles. The first-order valence-electron chi connectivity index (χ1n) is 8.29. The van der Waals surface area contributed by atoms with Crippen LogP contribution in [-0.2, 0) is 14.3 Å². The van der Waals surface area contributed by atoms with Crippen LogP contribution in [0.4, 0.5) is 4.79 Å². The number of nitrogens with one attached hydrogen (secondary N) is 1. The van der Waals surface area contributed by atoms with Crippen molar-refractivity contribution in [1.29, 1.82) is 0 Å². The van der Waals surface area contributed by atoms with E-state index < -0.39 is 23.2 Å². The minimum absolute atomic E-state index is 0.286. The Labute approximate surface area is 137 Å². The fourth-order valence-electron chi connectivity index (χ4n) is 3.11. The van der Waals surface area contributed by atoms with E-state index in [-0.39, 0.29) is 6.10 Å². The summed E-state index contributed by atoms with van der Waals surface area (Å²) in [5.74, 6) is -1.01. The Kier molecular flexibility index (Phi) is 5.52. The van der Waals surface area contributed by atoms with E-state index in [4.69, 9.17) is 9.47 Å². The van der Waals surface area contributed by atoms with E-state index in [0.29, 0.717) is 19.5 Å². The summed E-state index contributed by atoms with van der Waals surface area (Å²) in [4.78, 5) is 25.7. The van der Waals surface area contributed by atoms with E-state index in [1.165, 1.54) is 0 Å². The van der Waals surface area contributed by atoms with Gasteiger partial charge in [-0.15, -0.1) is 0 Å². The molecule has 0 bridgehead atoms. The van der Waals surface area contributed by atoms with Gasteiger partial charge < -0.3 is 24.8 Å². The van der Waals surface area contributed by atoms with E-state index in [1.54, 1.807) is 20.8 Å². The van der Waals surface area contributed by atoms with Crippen LogP contribution in [0.5, 0.6) is 0 Å². The SMILES string of the molecule is CC(C)(C)OC(=O)NC1(C(=O)O)CCN(CCC2CCCO2)C1. The quantitative estimate of drug-likeness (QED) is 0.797. The molecule has 2 fully saturated rings. The zero-order valence-corrected chi connectivity index (χ0v) is 14.3. The van der Waals surface area contributed by atoms with E-state index in [0.717, 1.165) is 32.4 Å². The lowest BCUT2D eigenvalue weighted by Gasteiger charge is -2.28. The van der Waals surface area contributed by atoms with Crippen molar-refractivity contribution in [2.75, 3.05) is 26.2 Å². The Morgan fingerprint density at radius 2 is 2.17 bits per heavy atom. The van der Waals surface area contributed by atoms with Crippen LogP contribution >= 0.6 is 0 Å². The van der Waals surface area contributed by atoms with Crippen LogP contribution in [-0.4, -0.2) is 65.6 Å². The fraction of sp³-hybridized carbons (Fsp3) is 0.875. The number of hydrogen-bond acceptors (Lipinski definition) is 5. The predicted molar refractivity (Wildman–Crippen MR) is 84.4 cm³/mol. The maximum Gasteiger partial charge on any atom is 0.408 e. The van der Waals surface area contributed by atoms with Gasteiger partial charge in [0.1, 0.15) is 5.60 Å². The average Bonchev–Trinajstić information content (AvgIpc) is 3.03. The normalized spacial score (nSPS) is 28.7. The van der Waals surface area contributed by atoms with Crippen molar-refractivity contribution in [3.05, 3.63) is 0 Å². The van der Waals surface area contributed by atoms with Gasteiger partial charge in [0.25, 0.3) is 0 Å². The Balaban J connectivity index is 1.88. The van der Waals surface area contributed by atoms with Gasteiger partial charge in [0.05, 0.1) is 6.10 Å². The van der Waals surface area contributed by atoms with Crippen molar-refractivity contribution in [2.24, 2.45) is 0 Å². The third-order valence-corrected chi connectivity index (χ3v) is 4.29. The van der Waals surface area contributed by atoms with Crippen molar-refractivity contribution < 1.29 is 24.2 Å². The van der Waals surface area contributed by atoms with Gasteiger partial charge >= 0.3 is 12.1 Å². The van der Waals surface area contributed by atoms with Gasteiger partial charge in [-0.2, -0.15) is 0 Å². The molecule has 7 heteroatoms. The van der Waals surface area contributed by atoms with E-state index in [9.17, 15) is 14.7 Å². The van der Waals surface area contributed by atoms with Gasteiger partial charge in [0, 0.05) is 26.2 Å². The molecule has 2 heterocycles. The number of hydrogen-bond donors (Lipinski definition) is 2. The molecule has 7 nitrogen and oxygen atoms in total. The summed E-state index contributed by atoms with van der Waals surface area (Å²) in [5, 5.41) is 12.2. The van der Waals surface area contributed by atoms with Crippen LogP contribution < -0.4 is 5.32 Å². The summed E-state index contributed by atoms with van der Waals surface area (Å²) >= 11 is 0. The van der Waals surface area contributed by atoms with Gasteiger partial charge in [0.15, 0.2) is 5.54 Å². The number of amides is 1. The van der Waals surface area contributed by atoms with Crippen LogP contribution in [0.3, 0.4) is 0 Å². The van der Waals surface area contributed by atoms with Crippen LogP contribution in [0.15, 0.2) is 0 Å². The number of carboxylic acids is 1. The molecule has 132 valence electrons. The molecular weight excluding hydrogens is 300 g/mol. The largest absolute Gasteiger partial charge is 0.479 e. The number of alkyl carbamates (subject to hydrolysis) is 1. The molecule has 0 aromatic rings. The molecule has 0 aromatic heterocycles. The molecule has 2 unspecified atom stereocenters. The van der Waals surface area contributed by atoms with Crippen molar-refractivity contribution >= 4 is 12.1 Å². The lowest BCUT2D eigenvalue weighted by molar-refractivity contribution is -0.144. The highest BCUT2D eigenvalue weighted by atomic mass is 16.6. The van der Waals surface area contributed by atoms with Crippen molar-refractivity contribution in [2.45, 2.75) is 63.7 Å². The molecule has 2 aliphatic rings. The summed E-state index contributed by atoms with van der Waals surface area (Å²) in [7, 11) is 0. The molecular formula is C16H28N2O5. The number of ether oxygens (including phenoxy) is 2. The Morgan fingerprint density at radius 1 is 1.43 bits per heavy atom. The van der Waals surface area contributed by atoms with Gasteiger partial charge in [-0.25, -0.2) is 9.59 Å². The lowest BCUT2D eigenvalue weighted by atomic mass is 9.99. The lowest BCUT2D eigenvalue weighted by Crippen LogP contribution is -2.57. The van der Waals surface area contributed by atoms with E-state index in [2.05, 4.69) is 10.2 Å². The van der Waals surface area contributed by atoms with E-state index in [1.807, 2.05) is 0 Å². The first-order valence-corrected chi connectivity index (χ1v) is 8.29. The van der Waals surface area contributed by atoms with Crippen LogP contribution in [0, 0.1) is 0 Å². The topological polar surface area (TPSA) is 88.1 Å². The zero-order valence-electron chi connectivity index (χ0n) is 14.3. The number of carbonyl (C=O) groups is 2. The molecule has 23 heavy (non-hydrogen) atoms. The summed E-state index contributed by atoms with van der Waals surface area (Å²) in [5.41, 5.74) is -1.92. The molecule has 0 saturated carbocycles. The minimum Gasteiger partial charge on any atom is -0.479 e. The summed E-state index contributed by atoms with van der Waals surface area (Å²) in [6, 6.07) is 0. The molecule has 0 aromatic carbocycles. The smallest absolute Gasteiger partial charge is 0.408 e. The highest BCUT2D eigenvalue weighted by Crippen LogP contribution is 2.24. The van der Waals surface area contributed by atoms with Crippen molar-refractivity contribution in [1.82, 2.24) is 10.2 Å². The summed E-state index contributed by atoms with van der Waals surface area (Å²) in [6.45, 7) is 7.82. The molecule has 2 rings (SSSR count). The zero-order chi connectivity index (χ0) is 17.1. The Hall–Kier alpha value is -1.34. The third-order valence-electron chi connectivity index (χ3n) is 4.29. The Morgan fingerprint density at radius 3 is 2.74 bits per heavy atom. The standard InChI is InChI=1S/C16H28N2O5/c1-15(2,3)23-14(21)17-16(13(19)20)7-9-18(11-16)8-6-12-5-4-10-22-12/h12H,4-11H2,1-3H3,(H,17,21)(H,19,20). The molecule has 2 N–H and O–H groups in total. The molecule has 2 aliphatic heterocycles. The van der Waals surface area contributed by atoms with Crippen molar-refractivity contribution in [3.63, 3.8) is 0 Å². The Bertz CT molecular complexity index is 442. The first-order chi connectivity index (χ1) is 10.7. The van der Waals surface area contributed by atoms with Crippen LogP contribution in [0.2, 0.25) is 0 Å². The fourth-order valence-corrected chi connectivity index (χ4v) is 3.11. The monoisotopic (exact) mass is 328 g/mol. The second-order valence-electron chi connectivity index (χ2n) is 7.46. The minimum atomic E-state index is -1.27. The van der Waals surface area contributed by atoms with Gasteiger partial charge in [-0.3, -0.25) is 0 Å². The second-order valence-corrected chi connectivity index (χ2v) is 7.46. The third kappa shape index (κ3) is 5.07. The molecule has 2 saturated heterocycles. The average molecular weight is 328 g/mol. The number of nitrogens with zero attached hydrogens (tertiary/aromatic N) is 1. The van der Waals surface area contributed by atoms with Crippen LogP contribution in [0.25, 0.3) is 0 Å². The predicted octanol–water partition coefficient (Wildman–Crippen LogP) is 1.61. The maximum atomic E-state index is 12.0. The number of aliphatic carboxylic acids is 1. The van der Waals surface area contributed by atoms with E-state index >= 15 is 0 Å². The molecule has 0 radical (unpaired) electrons. The molecule has 2 atom stereocenters.